The van der Waals surface area contributed by atoms with Crippen LogP contribution in [0.3, 0.4) is 0 Å². The Labute approximate surface area is 195 Å². The zero-order chi connectivity index (χ0) is 22.4. The molecular formula is C23H34N6O3S. The lowest BCUT2D eigenvalue weighted by molar-refractivity contribution is -0.101. The van der Waals surface area contributed by atoms with Gasteiger partial charge in [-0.2, -0.15) is 5.10 Å². The number of sulfonamides is 1. The highest BCUT2D eigenvalue weighted by Crippen LogP contribution is 2.54. The van der Waals surface area contributed by atoms with E-state index in [0.29, 0.717) is 38.1 Å². The predicted octanol–water partition coefficient (Wildman–Crippen LogP) is 2.19. The molecule has 3 saturated heterocycles. The fraction of sp³-hybridized carbons (Fsp3) is 0.870. The Balaban J connectivity index is 0.868. The first kappa shape index (κ1) is 20.7. The van der Waals surface area contributed by atoms with E-state index in [4.69, 9.17) is 0 Å². The number of urea groups is 1. The molecule has 0 atom stereocenters. The Morgan fingerprint density at radius 3 is 2.15 bits per heavy atom. The molecule has 180 valence electrons. The number of carbonyl (C=O) groups excluding carboxylic acids is 1. The monoisotopic (exact) mass is 474 g/mol. The molecule has 6 fully saturated rings. The summed E-state index contributed by atoms with van der Waals surface area (Å²) in [6.07, 6.45) is 11.4. The molecule has 10 heteroatoms. The molecule has 1 aromatic heterocycles. The Bertz CT molecular complexity index is 1050. The number of nitrogens with zero attached hydrogens (tertiary/aromatic N) is 6. The second-order valence-corrected chi connectivity index (χ2v) is 14.2. The second kappa shape index (κ2) is 6.93. The van der Waals surface area contributed by atoms with E-state index >= 15 is 0 Å². The maximum Gasteiger partial charge on any atom is 0.320 e. The summed E-state index contributed by atoms with van der Waals surface area (Å²) in [5.74, 6) is 1.60. The van der Waals surface area contributed by atoms with E-state index in [-0.39, 0.29) is 22.1 Å². The van der Waals surface area contributed by atoms with Gasteiger partial charge in [-0.05, 0) is 38.5 Å². The lowest BCUT2D eigenvalue weighted by Crippen LogP contribution is -2.76. The van der Waals surface area contributed by atoms with E-state index in [0.717, 1.165) is 63.9 Å². The molecule has 33 heavy (non-hydrogen) atoms. The SMILES string of the molecule is O=C(N1CC2(CC(n3cnc(C4CC4)n3)C2)C1)N1CC2(C1)CN(S(=O)(=O)C1CCCCC1)C2. The van der Waals surface area contributed by atoms with Crippen LogP contribution < -0.4 is 0 Å². The van der Waals surface area contributed by atoms with Gasteiger partial charge in [-0.3, -0.25) is 0 Å². The van der Waals surface area contributed by atoms with Crippen LogP contribution in [-0.4, -0.2) is 87.8 Å². The number of likely N-dealkylation sites (tertiary alicyclic amines) is 2. The molecule has 6 aliphatic rings. The van der Waals surface area contributed by atoms with Gasteiger partial charge in [0.1, 0.15) is 6.33 Å². The number of rotatable bonds is 4. The van der Waals surface area contributed by atoms with E-state index < -0.39 is 10.0 Å². The summed E-state index contributed by atoms with van der Waals surface area (Å²) >= 11 is 0. The fourth-order valence-electron chi connectivity index (χ4n) is 7.03. The first-order valence-electron chi connectivity index (χ1n) is 12.8. The molecule has 0 unspecified atom stereocenters. The van der Waals surface area contributed by atoms with Crippen molar-refractivity contribution in [2.45, 2.75) is 75.0 Å². The van der Waals surface area contributed by atoms with Crippen LogP contribution in [0.25, 0.3) is 0 Å². The number of amides is 2. The van der Waals surface area contributed by atoms with Crippen LogP contribution in [0.1, 0.15) is 75.6 Å². The third-order valence-electron chi connectivity index (χ3n) is 9.18. The third-order valence-corrected chi connectivity index (χ3v) is 11.5. The topological polar surface area (TPSA) is 91.6 Å². The molecule has 3 aliphatic carbocycles. The number of carbonyl (C=O) groups is 1. The van der Waals surface area contributed by atoms with E-state index in [2.05, 4.69) is 10.1 Å². The summed E-state index contributed by atoms with van der Waals surface area (Å²) in [4.78, 5) is 21.3. The minimum absolute atomic E-state index is 0.00781. The largest absolute Gasteiger partial charge is 0.323 e. The van der Waals surface area contributed by atoms with Crippen molar-refractivity contribution in [3.05, 3.63) is 12.2 Å². The van der Waals surface area contributed by atoms with Crippen molar-refractivity contribution >= 4 is 16.1 Å². The van der Waals surface area contributed by atoms with Crippen LogP contribution in [-0.2, 0) is 10.0 Å². The maximum atomic E-state index is 12.9. The summed E-state index contributed by atoms with van der Waals surface area (Å²) < 4.78 is 29.5. The quantitative estimate of drug-likeness (QED) is 0.667. The highest BCUT2D eigenvalue weighted by Gasteiger charge is 2.60. The maximum absolute atomic E-state index is 12.9. The van der Waals surface area contributed by atoms with Gasteiger partial charge in [0.2, 0.25) is 10.0 Å². The van der Waals surface area contributed by atoms with Gasteiger partial charge in [0.05, 0.1) is 11.3 Å². The normalized spacial score (nSPS) is 29.5. The zero-order valence-corrected chi connectivity index (χ0v) is 20.0. The van der Waals surface area contributed by atoms with Crippen molar-refractivity contribution in [3.63, 3.8) is 0 Å². The molecule has 9 nitrogen and oxygen atoms in total. The Hall–Kier alpha value is -1.68. The fourth-order valence-corrected chi connectivity index (χ4v) is 9.29. The van der Waals surface area contributed by atoms with Gasteiger partial charge in [0.15, 0.2) is 5.82 Å². The molecule has 7 rings (SSSR count). The van der Waals surface area contributed by atoms with Crippen molar-refractivity contribution in [1.82, 2.24) is 28.9 Å². The van der Waals surface area contributed by atoms with Crippen molar-refractivity contribution < 1.29 is 13.2 Å². The molecule has 1 aromatic rings. The first-order valence-corrected chi connectivity index (χ1v) is 14.3. The molecule has 0 aromatic carbocycles. The average Bonchev–Trinajstić information content (AvgIpc) is 3.42. The lowest BCUT2D eigenvalue weighted by Gasteiger charge is -2.63. The molecule has 2 spiro atoms. The molecule has 0 bridgehead atoms. The predicted molar refractivity (Wildman–Crippen MR) is 121 cm³/mol. The molecule has 0 N–H and O–H groups in total. The van der Waals surface area contributed by atoms with Crippen molar-refractivity contribution in [2.75, 3.05) is 39.3 Å². The van der Waals surface area contributed by atoms with Crippen molar-refractivity contribution in [1.29, 1.82) is 0 Å². The number of hydrogen-bond acceptors (Lipinski definition) is 5. The summed E-state index contributed by atoms with van der Waals surface area (Å²) in [5, 5.41) is 4.50. The van der Waals surface area contributed by atoms with Crippen LogP contribution in [0.5, 0.6) is 0 Å². The summed E-state index contributed by atoms with van der Waals surface area (Å²) in [6.45, 7) is 4.30. The summed E-state index contributed by atoms with van der Waals surface area (Å²) in [6, 6.07) is 0.571. The molecule has 4 heterocycles. The summed E-state index contributed by atoms with van der Waals surface area (Å²) in [5.41, 5.74) is 0.282. The van der Waals surface area contributed by atoms with Crippen molar-refractivity contribution in [2.24, 2.45) is 10.8 Å². The molecule has 3 aliphatic heterocycles. The number of aromatic nitrogens is 3. The molecule has 3 saturated carbocycles. The minimum Gasteiger partial charge on any atom is -0.323 e. The second-order valence-electron chi connectivity index (χ2n) is 12.0. The van der Waals surface area contributed by atoms with Gasteiger partial charge in [0, 0.05) is 56.0 Å². The first-order chi connectivity index (χ1) is 15.8. The molecule has 2 amide bonds. The minimum atomic E-state index is -3.15. The highest BCUT2D eigenvalue weighted by atomic mass is 32.2. The van der Waals surface area contributed by atoms with E-state index in [1.54, 1.807) is 4.31 Å². The van der Waals surface area contributed by atoms with Gasteiger partial charge in [-0.15, -0.1) is 0 Å². The Morgan fingerprint density at radius 1 is 0.879 bits per heavy atom. The third kappa shape index (κ3) is 3.26. The molecule has 0 radical (unpaired) electrons. The smallest absolute Gasteiger partial charge is 0.320 e. The van der Waals surface area contributed by atoms with Crippen LogP contribution in [0.2, 0.25) is 0 Å². The van der Waals surface area contributed by atoms with Crippen LogP contribution in [0.15, 0.2) is 6.33 Å². The number of hydrogen-bond donors (Lipinski definition) is 0. The van der Waals surface area contributed by atoms with Gasteiger partial charge < -0.3 is 9.80 Å². The Kier molecular flexibility index (Phi) is 4.34. The van der Waals surface area contributed by atoms with E-state index in [1.165, 1.54) is 12.8 Å². The van der Waals surface area contributed by atoms with Crippen LogP contribution in [0, 0.1) is 10.8 Å². The van der Waals surface area contributed by atoms with E-state index in [1.807, 2.05) is 20.8 Å². The molecular weight excluding hydrogens is 440 g/mol. The van der Waals surface area contributed by atoms with Gasteiger partial charge in [-0.25, -0.2) is 27.2 Å². The van der Waals surface area contributed by atoms with E-state index in [9.17, 15) is 13.2 Å². The van der Waals surface area contributed by atoms with Crippen LogP contribution >= 0.6 is 0 Å². The lowest BCUT2D eigenvalue weighted by atomic mass is 9.60. The van der Waals surface area contributed by atoms with Gasteiger partial charge >= 0.3 is 6.03 Å². The highest BCUT2D eigenvalue weighted by molar-refractivity contribution is 7.89. The zero-order valence-electron chi connectivity index (χ0n) is 19.2. The summed E-state index contributed by atoms with van der Waals surface area (Å²) in [7, 11) is -3.15. The van der Waals surface area contributed by atoms with Gasteiger partial charge in [-0.1, -0.05) is 19.3 Å². The average molecular weight is 475 g/mol. The van der Waals surface area contributed by atoms with Crippen LogP contribution in [0.4, 0.5) is 4.79 Å². The van der Waals surface area contributed by atoms with Crippen molar-refractivity contribution in [3.8, 4) is 0 Å². The van der Waals surface area contributed by atoms with Gasteiger partial charge in [0.25, 0.3) is 0 Å². The standard InChI is InChI=1S/C23H34N6O3S/c30-21(26-10-22(11-26)8-18(9-22)29-16-24-20(25-29)17-6-7-17)27-12-23(13-27)14-28(15-23)33(31,32)19-4-2-1-3-5-19/h16-19H,1-15H2. The Morgan fingerprint density at radius 2 is 1.52 bits per heavy atom.